The number of fused-ring (bicyclic) bond motifs is 1. The van der Waals surface area contributed by atoms with Crippen molar-refractivity contribution in [2.75, 3.05) is 5.75 Å². The van der Waals surface area contributed by atoms with Crippen molar-refractivity contribution >= 4 is 23.2 Å². The summed E-state index contributed by atoms with van der Waals surface area (Å²) in [7, 11) is 0. The van der Waals surface area contributed by atoms with E-state index >= 15 is 0 Å². The SMILES string of the molecule is Cc1ccc(C(=O)CSc2cc(C)nc3c(-c4ccccc4)c(C)nn23)cc1. The van der Waals surface area contributed by atoms with E-state index in [1.165, 1.54) is 11.8 Å². The summed E-state index contributed by atoms with van der Waals surface area (Å²) in [5.74, 6) is 0.473. The largest absolute Gasteiger partial charge is 0.293 e. The van der Waals surface area contributed by atoms with Crippen molar-refractivity contribution in [2.45, 2.75) is 25.8 Å². The summed E-state index contributed by atoms with van der Waals surface area (Å²) >= 11 is 1.50. The topological polar surface area (TPSA) is 47.3 Å². The van der Waals surface area contributed by atoms with E-state index in [-0.39, 0.29) is 5.78 Å². The quantitative estimate of drug-likeness (QED) is 0.265. The number of hydrogen-bond donors (Lipinski definition) is 0. The monoisotopic (exact) mass is 387 g/mol. The van der Waals surface area contributed by atoms with Gasteiger partial charge in [-0.2, -0.15) is 5.10 Å². The van der Waals surface area contributed by atoms with Gasteiger partial charge in [-0.15, -0.1) is 0 Å². The lowest BCUT2D eigenvalue weighted by Gasteiger charge is -2.07. The van der Waals surface area contributed by atoms with Crippen molar-refractivity contribution in [3.8, 4) is 11.1 Å². The summed E-state index contributed by atoms with van der Waals surface area (Å²) < 4.78 is 1.86. The average molecular weight is 388 g/mol. The molecule has 0 N–H and O–H groups in total. The molecule has 0 aliphatic rings. The lowest BCUT2D eigenvalue weighted by molar-refractivity contribution is 0.102. The standard InChI is InChI=1S/C23H21N3OS/c1-15-9-11-18(12-10-15)20(27)14-28-21-13-16(2)24-23-22(17(3)25-26(21)23)19-7-5-4-6-8-19/h4-13H,14H2,1-3H3. The van der Waals surface area contributed by atoms with Crippen LogP contribution in [0.5, 0.6) is 0 Å². The molecule has 2 aromatic heterocycles. The lowest BCUT2D eigenvalue weighted by Crippen LogP contribution is -2.04. The summed E-state index contributed by atoms with van der Waals surface area (Å²) in [6.45, 7) is 5.99. The van der Waals surface area contributed by atoms with Crippen LogP contribution in [0, 0.1) is 20.8 Å². The number of carbonyl (C=O) groups is 1. The molecule has 0 atom stereocenters. The summed E-state index contributed by atoms with van der Waals surface area (Å²) in [6, 6.07) is 19.9. The van der Waals surface area contributed by atoms with Gasteiger partial charge < -0.3 is 0 Å². The number of thioether (sulfide) groups is 1. The van der Waals surface area contributed by atoms with Gasteiger partial charge in [0, 0.05) is 16.8 Å². The molecule has 0 aliphatic carbocycles. The predicted octanol–water partition coefficient (Wildman–Crippen LogP) is 5.30. The van der Waals surface area contributed by atoms with Gasteiger partial charge in [-0.05, 0) is 32.4 Å². The average Bonchev–Trinajstić information content (AvgIpc) is 3.02. The second-order valence-electron chi connectivity index (χ2n) is 6.88. The molecular weight excluding hydrogens is 366 g/mol. The van der Waals surface area contributed by atoms with Crippen molar-refractivity contribution in [1.82, 2.24) is 14.6 Å². The molecule has 0 spiro atoms. The van der Waals surface area contributed by atoms with E-state index in [1.54, 1.807) is 0 Å². The van der Waals surface area contributed by atoms with Crippen LogP contribution >= 0.6 is 11.8 Å². The lowest BCUT2D eigenvalue weighted by atomic mass is 10.1. The number of rotatable bonds is 5. The molecule has 0 aliphatic heterocycles. The fourth-order valence-corrected chi connectivity index (χ4v) is 4.17. The van der Waals surface area contributed by atoms with Crippen LogP contribution < -0.4 is 0 Å². The molecule has 0 amide bonds. The number of ketones is 1. The van der Waals surface area contributed by atoms with Gasteiger partial charge in [0.1, 0.15) is 5.03 Å². The fourth-order valence-electron chi connectivity index (χ4n) is 3.22. The minimum atomic E-state index is 0.111. The third-order valence-electron chi connectivity index (χ3n) is 4.65. The molecule has 4 nitrogen and oxygen atoms in total. The maximum Gasteiger partial charge on any atom is 0.173 e. The molecule has 4 aromatic rings. The third kappa shape index (κ3) is 3.58. The van der Waals surface area contributed by atoms with E-state index in [9.17, 15) is 4.79 Å². The van der Waals surface area contributed by atoms with Crippen molar-refractivity contribution in [2.24, 2.45) is 0 Å². The van der Waals surface area contributed by atoms with Gasteiger partial charge in [-0.1, -0.05) is 71.9 Å². The maximum atomic E-state index is 12.6. The molecule has 5 heteroatoms. The number of Topliss-reactive ketones (excluding diaryl/α,β-unsaturated/α-hetero) is 1. The highest BCUT2D eigenvalue weighted by Gasteiger charge is 2.17. The zero-order valence-electron chi connectivity index (χ0n) is 16.1. The van der Waals surface area contributed by atoms with Crippen LogP contribution in [-0.4, -0.2) is 26.1 Å². The second-order valence-corrected chi connectivity index (χ2v) is 7.87. The highest BCUT2D eigenvalue weighted by Crippen LogP contribution is 2.30. The molecule has 2 aromatic carbocycles. The number of nitrogens with zero attached hydrogens (tertiary/aromatic N) is 3. The summed E-state index contributed by atoms with van der Waals surface area (Å²) in [6.07, 6.45) is 0. The Labute approximate surface area is 168 Å². The van der Waals surface area contributed by atoms with Gasteiger partial charge in [0.25, 0.3) is 0 Å². The second kappa shape index (κ2) is 7.60. The van der Waals surface area contributed by atoms with Crippen LogP contribution in [0.4, 0.5) is 0 Å². The Morgan fingerprint density at radius 3 is 2.43 bits per heavy atom. The molecule has 0 unspecified atom stereocenters. The maximum absolute atomic E-state index is 12.6. The van der Waals surface area contributed by atoms with Gasteiger partial charge in [0.2, 0.25) is 0 Å². The molecule has 28 heavy (non-hydrogen) atoms. The Morgan fingerprint density at radius 2 is 1.71 bits per heavy atom. The molecule has 0 radical (unpaired) electrons. The van der Waals surface area contributed by atoms with Crippen LogP contribution in [0.3, 0.4) is 0 Å². The van der Waals surface area contributed by atoms with Gasteiger partial charge in [0.15, 0.2) is 11.4 Å². The van der Waals surface area contributed by atoms with E-state index in [4.69, 9.17) is 10.1 Å². The van der Waals surface area contributed by atoms with Gasteiger partial charge in [-0.3, -0.25) is 4.79 Å². The van der Waals surface area contributed by atoms with Gasteiger partial charge in [-0.25, -0.2) is 9.50 Å². The summed E-state index contributed by atoms with van der Waals surface area (Å²) in [4.78, 5) is 17.3. The highest BCUT2D eigenvalue weighted by atomic mass is 32.2. The van der Waals surface area contributed by atoms with Crippen molar-refractivity contribution in [3.05, 3.63) is 83.2 Å². The Kier molecular flexibility index (Phi) is 5.01. The van der Waals surface area contributed by atoms with Crippen molar-refractivity contribution < 1.29 is 4.79 Å². The van der Waals surface area contributed by atoms with Crippen LogP contribution in [0.15, 0.2) is 65.7 Å². The van der Waals surface area contributed by atoms with E-state index in [0.717, 1.165) is 44.3 Å². The molecule has 0 fully saturated rings. The van der Waals surface area contributed by atoms with Crippen LogP contribution in [0.2, 0.25) is 0 Å². The highest BCUT2D eigenvalue weighted by molar-refractivity contribution is 7.99. The van der Waals surface area contributed by atoms with Crippen LogP contribution in [0.1, 0.15) is 27.3 Å². The molecule has 4 rings (SSSR count). The fraction of sp³-hybridized carbons (Fsp3) is 0.174. The smallest absolute Gasteiger partial charge is 0.173 e. The Balaban J connectivity index is 1.68. The minimum Gasteiger partial charge on any atom is -0.293 e. The Morgan fingerprint density at radius 1 is 1.00 bits per heavy atom. The molecule has 0 saturated heterocycles. The molecule has 140 valence electrons. The summed E-state index contributed by atoms with van der Waals surface area (Å²) in [5, 5.41) is 5.64. The summed E-state index contributed by atoms with van der Waals surface area (Å²) in [5.41, 5.74) is 6.69. The van der Waals surface area contributed by atoms with E-state index in [1.807, 2.05) is 73.8 Å². The van der Waals surface area contributed by atoms with Crippen molar-refractivity contribution in [1.29, 1.82) is 0 Å². The Hall–Kier alpha value is -2.92. The van der Waals surface area contributed by atoms with E-state index in [2.05, 4.69) is 12.1 Å². The van der Waals surface area contributed by atoms with Crippen LogP contribution in [-0.2, 0) is 0 Å². The molecular formula is C23H21N3OS. The first-order valence-corrected chi connectivity index (χ1v) is 10.2. The first-order valence-electron chi connectivity index (χ1n) is 9.18. The zero-order chi connectivity index (χ0) is 19.7. The third-order valence-corrected chi connectivity index (χ3v) is 5.64. The molecule has 2 heterocycles. The number of carbonyl (C=O) groups excluding carboxylic acids is 1. The van der Waals surface area contributed by atoms with Gasteiger partial charge >= 0.3 is 0 Å². The minimum absolute atomic E-state index is 0.111. The van der Waals surface area contributed by atoms with E-state index < -0.39 is 0 Å². The number of hydrogen-bond acceptors (Lipinski definition) is 4. The first kappa shape index (κ1) is 18.4. The number of aryl methyl sites for hydroxylation is 3. The predicted molar refractivity (Wildman–Crippen MR) is 114 cm³/mol. The van der Waals surface area contributed by atoms with E-state index in [0.29, 0.717) is 5.75 Å². The number of aromatic nitrogens is 3. The molecule has 0 bridgehead atoms. The number of benzene rings is 2. The Bertz CT molecular complexity index is 1150. The van der Waals surface area contributed by atoms with Crippen LogP contribution in [0.25, 0.3) is 16.8 Å². The van der Waals surface area contributed by atoms with Crippen molar-refractivity contribution in [3.63, 3.8) is 0 Å². The van der Waals surface area contributed by atoms with Gasteiger partial charge in [0.05, 0.1) is 11.4 Å². The molecule has 0 saturated carbocycles. The first-order chi connectivity index (χ1) is 13.5. The zero-order valence-corrected chi connectivity index (χ0v) is 17.0. The normalized spacial score (nSPS) is 11.1.